The van der Waals surface area contributed by atoms with Gasteiger partial charge in [-0.3, -0.25) is 4.79 Å². The lowest BCUT2D eigenvalue weighted by Crippen LogP contribution is -2.43. The maximum atomic E-state index is 11.6. The number of aliphatic hydroxyl groups is 1. The normalized spacial score (nSPS) is 20.0. The number of unbranched alkanes of at least 4 members (excludes halogenated alkanes) is 1. The maximum absolute atomic E-state index is 11.6. The van der Waals surface area contributed by atoms with Crippen molar-refractivity contribution in [3.8, 4) is 0 Å². The zero-order valence-corrected chi connectivity index (χ0v) is 12.7. The van der Waals surface area contributed by atoms with Gasteiger partial charge >= 0.3 is 5.97 Å². The number of carbonyl (C=O) groups is 2. The molecule has 1 aliphatic heterocycles. The monoisotopic (exact) mass is 307 g/mol. The first-order valence-corrected chi connectivity index (χ1v) is 8.82. The summed E-state index contributed by atoms with van der Waals surface area (Å²) in [6.07, 6.45) is 4.63. The Bertz CT molecular complexity index is 295. The zero-order chi connectivity index (χ0) is 14.1. The van der Waals surface area contributed by atoms with E-state index in [1.807, 2.05) is 21.6 Å². The SMILES string of the molecule is COC(=O)C(CO)NC(=O)CCCCC1CCSS1. The molecule has 2 unspecified atom stereocenters. The van der Waals surface area contributed by atoms with Crippen LogP contribution in [0.1, 0.15) is 32.1 Å². The molecule has 2 atom stereocenters. The first kappa shape index (κ1) is 16.7. The molecule has 0 radical (unpaired) electrons. The topological polar surface area (TPSA) is 75.6 Å². The van der Waals surface area contributed by atoms with Crippen molar-refractivity contribution in [1.29, 1.82) is 0 Å². The van der Waals surface area contributed by atoms with Gasteiger partial charge in [0.2, 0.25) is 5.91 Å². The van der Waals surface area contributed by atoms with E-state index in [4.69, 9.17) is 5.11 Å². The molecule has 1 rings (SSSR count). The summed E-state index contributed by atoms with van der Waals surface area (Å²) in [6.45, 7) is -0.436. The number of esters is 1. The third-order valence-electron chi connectivity index (χ3n) is 2.91. The van der Waals surface area contributed by atoms with Gasteiger partial charge in [0.15, 0.2) is 6.04 Å². The van der Waals surface area contributed by atoms with Crippen LogP contribution in [0.2, 0.25) is 0 Å². The van der Waals surface area contributed by atoms with Crippen molar-refractivity contribution in [2.75, 3.05) is 19.5 Å². The lowest BCUT2D eigenvalue weighted by atomic mass is 10.1. The number of carbonyl (C=O) groups excluding carboxylic acids is 2. The largest absolute Gasteiger partial charge is 0.467 e. The maximum Gasteiger partial charge on any atom is 0.330 e. The fourth-order valence-corrected chi connectivity index (χ4v) is 4.84. The van der Waals surface area contributed by atoms with Crippen molar-refractivity contribution in [2.24, 2.45) is 0 Å². The second-order valence-electron chi connectivity index (χ2n) is 4.40. The summed E-state index contributed by atoms with van der Waals surface area (Å²) in [6, 6.07) is -0.945. The number of hydrogen-bond donors (Lipinski definition) is 2. The van der Waals surface area contributed by atoms with E-state index >= 15 is 0 Å². The fourth-order valence-electron chi connectivity index (χ4n) is 1.81. The number of ether oxygens (including phenoxy) is 1. The van der Waals surface area contributed by atoms with Crippen molar-refractivity contribution >= 4 is 33.5 Å². The van der Waals surface area contributed by atoms with E-state index in [-0.39, 0.29) is 5.91 Å². The second kappa shape index (κ2) is 9.50. The molecule has 19 heavy (non-hydrogen) atoms. The van der Waals surface area contributed by atoms with Crippen LogP contribution in [-0.4, -0.2) is 47.7 Å². The molecule has 110 valence electrons. The van der Waals surface area contributed by atoms with Gasteiger partial charge in [0.05, 0.1) is 13.7 Å². The average molecular weight is 307 g/mol. The van der Waals surface area contributed by atoms with Crippen molar-refractivity contribution in [1.82, 2.24) is 5.32 Å². The Labute approximate surface area is 121 Å². The summed E-state index contributed by atoms with van der Waals surface area (Å²) < 4.78 is 4.48. The summed E-state index contributed by atoms with van der Waals surface area (Å²) >= 11 is 0. The van der Waals surface area contributed by atoms with Gasteiger partial charge in [-0.05, 0) is 19.3 Å². The quantitative estimate of drug-likeness (QED) is 0.400. The van der Waals surface area contributed by atoms with Gasteiger partial charge in [0, 0.05) is 17.4 Å². The zero-order valence-electron chi connectivity index (χ0n) is 11.1. The molecule has 1 amide bonds. The first-order chi connectivity index (χ1) is 9.17. The predicted octanol–water partition coefficient (Wildman–Crippen LogP) is 1.35. The van der Waals surface area contributed by atoms with Crippen LogP contribution in [0.4, 0.5) is 0 Å². The van der Waals surface area contributed by atoms with E-state index in [0.717, 1.165) is 24.5 Å². The van der Waals surface area contributed by atoms with Gasteiger partial charge in [-0.15, -0.1) is 0 Å². The number of amides is 1. The summed E-state index contributed by atoms with van der Waals surface area (Å²) in [4.78, 5) is 22.8. The Morgan fingerprint density at radius 3 is 2.84 bits per heavy atom. The highest BCUT2D eigenvalue weighted by molar-refractivity contribution is 8.77. The summed E-state index contributed by atoms with van der Waals surface area (Å²) in [7, 11) is 5.10. The van der Waals surface area contributed by atoms with Crippen LogP contribution < -0.4 is 5.32 Å². The second-order valence-corrected chi connectivity index (χ2v) is 7.19. The predicted molar refractivity (Wildman–Crippen MR) is 78.0 cm³/mol. The minimum absolute atomic E-state index is 0.210. The summed E-state index contributed by atoms with van der Waals surface area (Å²) in [5, 5.41) is 12.2. The molecule has 2 N–H and O–H groups in total. The first-order valence-electron chi connectivity index (χ1n) is 6.43. The van der Waals surface area contributed by atoms with E-state index in [1.54, 1.807) is 0 Å². The van der Waals surface area contributed by atoms with Crippen LogP contribution in [0.5, 0.6) is 0 Å². The third kappa shape index (κ3) is 6.54. The third-order valence-corrected chi connectivity index (χ3v) is 5.92. The molecule has 0 aromatic carbocycles. The molecule has 0 bridgehead atoms. The van der Waals surface area contributed by atoms with E-state index < -0.39 is 18.6 Å². The average Bonchev–Trinajstić information content (AvgIpc) is 2.93. The Hall–Kier alpha value is -0.400. The van der Waals surface area contributed by atoms with Crippen molar-refractivity contribution in [2.45, 2.75) is 43.4 Å². The van der Waals surface area contributed by atoms with Gasteiger partial charge in [-0.1, -0.05) is 28.0 Å². The van der Waals surface area contributed by atoms with Gasteiger partial charge in [0.1, 0.15) is 0 Å². The van der Waals surface area contributed by atoms with Crippen LogP contribution in [0.3, 0.4) is 0 Å². The number of rotatable bonds is 8. The standard InChI is InChI=1S/C12H21NO4S2/c1-17-12(16)10(8-14)13-11(15)5-3-2-4-9-6-7-18-19-9/h9-10,14H,2-8H2,1H3,(H,13,15). The minimum atomic E-state index is -0.945. The summed E-state index contributed by atoms with van der Waals surface area (Å²) in [5.41, 5.74) is 0. The van der Waals surface area contributed by atoms with Crippen LogP contribution in [0.15, 0.2) is 0 Å². The molecule has 1 heterocycles. The van der Waals surface area contributed by atoms with Crippen molar-refractivity contribution in [3.63, 3.8) is 0 Å². The highest BCUT2D eigenvalue weighted by atomic mass is 33.1. The number of hydrogen-bond acceptors (Lipinski definition) is 6. The molecule has 5 nitrogen and oxygen atoms in total. The molecule has 0 saturated carbocycles. The van der Waals surface area contributed by atoms with Gasteiger partial charge < -0.3 is 15.2 Å². The van der Waals surface area contributed by atoms with Crippen molar-refractivity contribution in [3.05, 3.63) is 0 Å². The minimum Gasteiger partial charge on any atom is -0.467 e. The van der Waals surface area contributed by atoms with Gasteiger partial charge in [0.25, 0.3) is 0 Å². The fraction of sp³-hybridized carbons (Fsp3) is 0.833. The molecular formula is C12H21NO4S2. The Morgan fingerprint density at radius 2 is 2.26 bits per heavy atom. The Morgan fingerprint density at radius 1 is 1.47 bits per heavy atom. The summed E-state index contributed by atoms with van der Waals surface area (Å²) in [5.74, 6) is 0.403. The Kier molecular flexibility index (Phi) is 8.32. The van der Waals surface area contributed by atoms with E-state index in [0.29, 0.717) is 6.42 Å². The molecule has 0 spiro atoms. The number of nitrogens with one attached hydrogen (secondary N) is 1. The molecule has 1 fully saturated rings. The highest BCUT2D eigenvalue weighted by Crippen LogP contribution is 2.39. The van der Waals surface area contributed by atoms with Crippen LogP contribution in [0.25, 0.3) is 0 Å². The van der Waals surface area contributed by atoms with E-state index in [2.05, 4.69) is 10.1 Å². The van der Waals surface area contributed by atoms with Crippen molar-refractivity contribution < 1.29 is 19.4 Å². The lowest BCUT2D eigenvalue weighted by Gasteiger charge is -2.13. The molecule has 1 saturated heterocycles. The molecule has 0 aromatic heterocycles. The molecule has 0 aromatic rings. The molecule has 1 aliphatic rings. The number of aliphatic hydroxyl groups excluding tert-OH is 1. The van der Waals surface area contributed by atoms with Crippen LogP contribution >= 0.6 is 21.6 Å². The number of methoxy groups -OCH3 is 1. The Balaban J connectivity index is 2.10. The molecular weight excluding hydrogens is 286 g/mol. The van der Waals surface area contributed by atoms with E-state index in [1.165, 1.54) is 19.3 Å². The van der Waals surface area contributed by atoms with Gasteiger partial charge in [-0.2, -0.15) is 0 Å². The highest BCUT2D eigenvalue weighted by Gasteiger charge is 2.20. The van der Waals surface area contributed by atoms with Gasteiger partial charge in [-0.25, -0.2) is 4.79 Å². The van der Waals surface area contributed by atoms with Crippen LogP contribution in [0, 0.1) is 0 Å². The molecule has 0 aliphatic carbocycles. The molecule has 7 heteroatoms. The lowest BCUT2D eigenvalue weighted by molar-refractivity contribution is -0.146. The van der Waals surface area contributed by atoms with Crippen LogP contribution in [-0.2, 0) is 14.3 Å². The smallest absolute Gasteiger partial charge is 0.330 e. The van der Waals surface area contributed by atoms with E-state index in [9.17, 15) is 9.59 Å².